The average Bonchev–Trinajstić information content (AvgIpc) is 3.32. The minimum atomic E-state index is -1.13. The van der Waals surface area contributed by atoms with E-state index in [9.17, 15) is 18.8 Å². The van der Waals surface area contributed by atoms with Crippen LogP contribution in [0.15, 0.2) is 44.9 Å². The third-order valence-electron chi connectivity index (χ3n) is 3.73. The van der Waals surface area contributed by atoms with Crippen molar-refractivity contribution >= 4 is 40.5 Å². The van der Waals surface area contributed by atoms with Crippen LogP contribution in [0.25, 0.3) is 10.8 Å². The van der Waals surface area contributed by atoms with Gasteiger partial charge in [-0.3, -0.25) is 9.59 Å². The van der Waals surface area contributed by atoms with Crippen molar-refractivity contribution in [3.8, 4) is 10.8 Å². The van der Waals surface area contributed by atoms with Crippen LogP contribution in [0.5, 0.6) is 0 Å². The third-order valence-corrected chi connectivity index (χ3v) is 4.90. The summed E-state index contributed by atoms with van der Waals surface area (Å²) in [5.74, 6) is -2.41. The van der Waals surface area contributed by atoms with E-state index >= 15 is 0 Å². The molecule has 1 N–H and O–H groups in total. The summed E-state index contributed by atoms with van der Waals surface area (Å²) in [7, 11) is 0. The molecule has 2 heterocycles. The predicted octanol–water partition coefficient (Wildman–Crippen LogP) is 3.32. The van der Waals surface area contributed by atoms with E-state index in [4.69, 9.17) is 20.8 Å². The summed E-state index contributed by atoms with van der Waals surface area (Å²) < 4.78 is 24.2. The second-order valence-corrected chi connectivity index (χ2v) is 7.22. The van der Waals surface area contributed by atoms with Crippen LogP contribution in [-0.4, -0.2) is 27.8 Å². The highest BCUT2D eigenvalue weighted by atomic mass is 35.5. The zero-order valence-corrected chi connectivity index (χ0v) is 16.6. The number of hydrogen-bond acceptors (Lipinski definition) is 7. The first-order valence-electron chi connectivity index (χ1n) is 8.40. The summed E-state index contributed by atoms with van der Waals surface area (Å²) in [6, 6.07) is 7.03. The van der Waals surface area contributed by atoms with E-state index in [1.54, 1.807) is 12.1 Å². The van der Waals surface area contributed by atoms with Crippen LogP contribution < -0.4 is 11.1 Å². The summed E-state index contributed by atoms with van der Waals surface area (Å²) in [5, 5.41) is 8.31. The lowest BCUT2D eigenvalue weighted by molar-refractivity contribution is -0.153. The third kappa shape index (κ3) is 5.30. The predicted molar refractivity (Wildman–Crippen MR) is 104 cm³/mol. The Morgan fingerprint density at radius 3 is 2.90 bits per heavy atom. The van der Waals surface area contributed by atoms with Crippen molar-refractivity contribution in [3.63, 3.8) is 0 Å². The van der Waals surface area contributed by atoms with Crippen molar-refractivity contribution in [2.45, 2.75) is 26.0 Å². The SMILES string of the molecule is CC(OC(=O)CCn1nc(-c2cccs2)oc1=O)C(=O)Nc1ccc(F)cc1Cl. The molecular weight excluding hydrogens is 425 g/mol. The minimum Gasteiger partial charge on any atom is -0.452 e. The number of carbonyl (C=O) groups excluding carboxylic acids is 2. The molecular formula is C18H15ClFN3O5S. The van der Waals surface area contributed by atoms with Gasteiger partial charge in [0, 0.05) is 0 Å². The van der Waals surface area contributed by atoms with Crippen LogP contribution in [0, 0.1) is 5.82 Å². The molecule has 0 radical (unpaired) electrons. The Morgan fingerprint density at radius 1 is 1.41 bits per heavy atom. The molecule has 8 nitrogen and oxygen atoms in total. The Balaban J connectivity index is 1.52. The molecule has 1 amide bonds. The largest absolute Gasteiger partial charge is 0.452 e. The number of carbonyl (C=O) groups is 2. The van der Waals surface area contributed by atoms with Gasteiger partial charge in [-0.1, -0.05) is 17.7 Å². The molecule has 1 unspecified atom stereocenters. The fourth-order valence-corrected chi connectivity index (χ4v) is 3.14. The maximum atomic E-state index is 13.0. The van der Waals surface area contributed by atoms with Gasteiger partial charge in [-0.2, -0.15) is 4.68 Å². The Kier molecular flexibility index (Phi) is 6.45. The Morgan fingerprint density at radius 2 is 2.21 bits per heavy atom. The number of ether oxygens (including phenoxy) is 1. The van der Waals surface area contributed by atoms with Crippen LogP contribution in [-0.2, 0) is 20.9 Å². The fourth-order valence-electron chi connectivity index (χ4n) is 2.28. The zero-order valence-electron chi connectivity index (χ0n) is 15.1. The number of rotatable bonds is 7. The van der Waals surface area contributed by atoms with Crippen molar-refractivity contribution in [1.29, 1.82) is 0 Å². The second-order valence-electron chi connectivity index (χ2n) is 5.87. The Hall–Kier alpha value is -2.98. The maximum Gasteiger partial charge on any atom is 0.437 e. The number of hydrogen-bond donors (Lipinski definition) is 1. The Bertz CT molecular complexity index is 1080. The minimum absolute atomic E-state index is 0.0174. The summed E-state index contributed by atoms with van der Waals surface area (Å²) in [6.07, 6.45) is -1.31. The molecule has 0 bridgehead atoms. The highest BCUT2D eigenvalue weighted by molar-refractivity contribution is 7.13. The summed E-state index contributed by atoms with van der Waals surface area (Å²) in [5.41, 5.74) is 0.191. The normalized spacial score (nSPS) is 11.8. The molecule has 3 rings (SSSR count). The number of aromatic nitrogens is 2. The van der Waals surface area contributed by atoms with E-state index in [1.807, 2.05) is 5.38 Å². The van der Waals surface area contributed by atoms with Gasteiger partial charge in [-0.25, -0.2) is 9.18 Å². The molecule has 0 aliphatic heterocycles. The van der Waals surface area contributed by atoms with E-state index in [0.29, 0.717) is 4.88 Å². The van der Waals surface area contributed by atoms with Gasteiger partial charge in [-0.15, -0.1) is 16.4 Å². The average molecular weight is 440 g/mol. The molecule has 0 aliphatic carbocycles. The topological polar surface area (TPSA) is 103 Å². The highest BCUT2D eigenvalue weighted by Crippen LogP contribution is 2.23. The van der Waals surface area contributed by atoms with Gasteiger partial charge in [0.25, 0.3) is 11.8 Å². The summed E-state index contributed by atoms with van der Waals surface area (Å²) in [4.78, 5) is 36.6. The molecule has 1 atom stereocenters. The number of nitrogens with one attached hydrogen (secondary N) is 1. The molecule has 0 aliphatic rings. The highest BCUT2D eigenvalue weighted by Gasteiger charge is 2.20. The lowest BCUT2D eigenvalue weighted by atomic mass is 10.3. The van der Waals surface area contributed by atoms with Crippen LogP contribution in [0.4, 0.5) is 10.1 Å². The lowest BCUT2D eigenvalue weighted by Crippen LogP contribution is -2.30. The Labute approximate surface area is 172 Å². The first kappa shape index (κ1) is 20.7. The van der Waals surface area contributed by atoms with Crippen LogP contribution in [0.2, 0.25) is 5.02 Å². The van der Waals surface area contributed by atoms with E-state index < -0.39 is 29.6 Å². The fraction of sp³-hybridized carbons (Fsp3) is 0.222. The number of aryl methyl sites for hydroxylation is 1. The van der Waals surface area contributed by atoms with E-state index in [-0.39, 0.29) is 29.6 Å². The molecule has 0 spiro atoms. The molecule has 0 saturated carbocycles. The summed E-state index contributed by atoms with van der Waals surface area (Å²) in [6.45, 7) is 1.31. The standard InChI is InChI=1S/C18H15ClFN3O5S/c1-10(16(25)21-13-5-4-11(20)9-12(13)19)27-15(24)6-7-23-18(26)28-17(22-23)14-3-2-8-29-14/h2-5,8-10H,6-7H2,1H3,(H,21,25). The molecule has 0 saturated heterocycles. The molecule has 3 aromatic rings. The first-order chi connectivity index (χ1) is 13.8. The lowest BCUT2D eigenvalue weighted by Gasteiger charge is -2.14. The van der Waals surface area contributed by atoms with Crippen LogP contribution in [0.1, 0.15) is 13.3 Å². The molecule has 29 heavy (non-hydrogen) atoms. The van der Waals surface area contributed by atoms with E-state index in [2.05, 4.69) is 10.4 Å². The van der Waals surface area contributed by atoms with Gasteiger partial charge in [0.15, 0.2) is 6.10 Å². The molecule has 152 valence electrons. The van der Waals surface area contributed by atoms with Gasteiger partial charge >= 0.3 is 11.7 Å². The van der Waals surface area contributed by atoms with E-state index in [1.165, 1.54) is 24.3 Å². The number of thiophene rings is 1. The molecule has 11 heteroatoms. The van der Waals surface area contributed by atoms with Crippen LogP contribution >= 0.6 is 22.9 Å². The first-order valence-corrected chi connectivity index (χ1v) is 9.66. The van der Waals surface area contributed by atoms with E-state index in [0.717, 1.165) is 16.8 Å². The molecule has 0 fully saturated rings. The molecule has 1 aromatic carbocycles. The zero-order chi connectivity index (χ0) is 21.0. The van der Waals surface area contributed by atoms with Gasteiger partial charge < -0.3 is 14.5 Å². The number of amides is 1. The van der Waals surface area contributed by atoms with Crippen molar-refractivity contribution < 1.29 is 23.1 Å². The van der Waals surface area contributed by atoms with Gasteiger partial charge in [-0.05, 0) is 36.6 Å². The number of esters is 1. The van der Waals surface area contributed by atoms with Gasteiger partial charge in [0.1, 0.15) is 5.82 Å². The number of halogens is 2. The van der Waals surface area contributed by atoms with Crippen molar-refractivity contribution in [1.82, 2.24) is 9.78 Å². The maximum absolute atomic E-state index is 13.0. The van der Waals surface area contributed by atoms with Crippen molar-refractivity contribution in [2.24, 2.45) is 0 Å². The molecule has 2 aromatic heterocycles. The summed E-state index contributed by atoms with van der Waals surface area (Å²) >= 11 is 7.21. The number of anilines is 1. The second kappa shape index (κ2) is 9.01. The van der Waals surface area contributed by atoms with Crippen molar-refractivity contribution in [3.05, 3.63) is 57.1 Å². The number of nitrogens with zero attached hydrogens (tertiary/aromatic N) is 2. The van der Waals surface area contributed by atoms with Crippen molar-refractivity contribution in [2.75, 3.05) is 5.32 Å². The van der Waals surface area contributed by atoms with Gasteiger partial charge in [0.05, 0.1) is 28.6 Å². The number of benzene rings is 1. The van der Waals surface area contributed by atoms with Crippen LogP contribution in [0.3, 0.4) is 0 Å². The quantitative estimate of drug-likeness (QED) is 0.566. The smallest absolute Gasteiger partial charge is 0.437 e. The monoisotopic (exact) mass is 439 g/mol. The van der Waals surface area contributed by atoms with Gasteiger partial charge in [0.2, 0.25) is 0 Å².